The molecule has 0 spiro atoms. The Bertz CT molecular complexity index is 2520. The number of benzene rings is 6. The molecule has 0 aliphatic carbocycles. The lowest BCUT2D eigenvalue weighted by Crippen LogP contribution is -2.46. The van der Waals surface area contributed by atoms with Crippen molar-refractivity contribution in [2.75, 3.05) is 47.4 Å². The SMILES string of the molecule is CN(CCCc1ccc(OC(C)(C)C(=O)C(F)(F)F)cc1)CC(c1ccc(Cl)cc1)c1ccc(Cl)cc1.COC(=O)C(C)(C)Oc1ccc(CCCN(C)CC(c2ccc(Cl)cc2)c2ccc(Cl)cc2)cc1. The molecular weight excluding hydrogens is 1000 g/mol. The van der Waals surface area contributed by atoms with Crippen LogP contribution < -0.4 is 9.47 Å². The summed E-state index contributed by atoms with van der Waals surface area (Å²) in [6, 6.07) is 46.7. The van der Waals surface area contributed by atoms with E-state index in [1.165, 1.54) is 34.9 Å². The second-order valence-corrected chi connectivity index (χ2v) is 20.6. The highest BCUT2D eigenvalue weighted by atomic mass is 35.5. The number of hydrogen-bond acceptors (Lipinski definition) is 7. The summed E-state index contributed by atoms with van der Waals surface area (Å²) >= 11 is 24.4. The second-order valence-electron chi connectivity index (χ2n) is 18.9. The van der Waals surface area contributed by atoms with Crippen molar-refractivity contribution in [1.29, 1.82) is 0 Å². The predicted octanol–water partition coefficient (Wildman–Crippen LogP) is 15.0. The lowest BCUT2D eigenvalue weighted by atomic mass is 9.91. The number of halogens is 7. The van der Waals surface area contributed by atoms with E-state index in [-0.39, 0.29) is 17.6 Å². The first-order chi connectivity index (χ1) is 34.0. The molecule has 0 radical (unpaired) electrons. The highest BCUT2D eigenvalue weighted by molar-refractivity contribution is 6.31. The fourth-order valence-electron chi connectivity index (χ4n) is 8.21. The van der Waals surface area contributed by atoms with Crippen LogP contribution in [0.25, 0.3) is 0 Å². The van der Waals surface area contributed by atoms with Crippen LogP contribution in [0.4, 0.5) is 13.2 Å². The monoisotopic (exact) mass is 1060 g/mol. The summed E-state index contributed by atoms with van der Waals surface area (Å²) in [4.78, 5) is 28.1. The number of carbonyl (C=O) groups is 2. The van der Waals surface area contributed by atoms with E-state index in [0.29, 0.717) is 15.8 Å². The fraction of sp³-hybridized carbons (Fsp3) is 0.345. The van der Waals surface area contributed by atoms with Crippen LogP contribution in [0.15, 0.2) is 146 Å². The van der Waals surface area contributed by atoms with Crippen LogP contribution in [0.3, 0.4) is 0 Å². The number of alkyl halides is 3. The van der Waals surface area contributed by atoms with Gasteiger partial charge in [-0.2, -0.15) is 13.2 Å². The van der Waals surface area contributed by atoms with Crippen LogP contribution in [0, 0.1) is 0 Å². The molecular formula is C58H63Cl4F3N2O5. The van der Waals surface area contributed by atoms with Gasteiger partial charge < -0.3 is 24.0 Å². The van der Waals surface area contributed by atoms with Crippen molar-refractivity contribution < 1.29 is 37.0 Å². The summed E-state index contributed by atoms with van der Waals surface area (Å²) in [6.07, 6.45) is -1.28. The Morgan fingerprint density at radius 2 is 0.778 bits per heavy atom. The fourth-order valence-corrected chi connectivity index (χ4v) is 8.72. The minimum absolute atomic E-state index is 0.152. The van der Waals surface area contributed by atoms with Crippen molar-refractivity contribution in [3.05, 3.63) is 199 Å². The Morgan fingerprint density at radius 1 is 0.486 bits per heavy atom. The zero-order valence-corrected chi connectivity index (χ0v) is 44.8. The Morgan fingerprint density at radius 3 is 1.06 bits per heavy atom. The minimum Gasteiger partial charge on any atom is -0.480 e. The van der Waals surface area contributed by atoms with Gasteiger partial charge in [0.25, 0.3) is 5.78 Å². The summed E-state index contributed by atoms with van der Waals surface area (Å²) < 4.78 is 54.3. The molecule has 6 rings (SSSR count). The molecule has 0 saturated carbocycles. The number of ketones is 1. The van der Waals surface area contributed by atoms with Crippen molar-refractivity contribution in [1.82, 2.24) is 9.80 Å². The average molecular weight is 1070 g/mol. The Hall–Kier alpha value is -5.07. The first-order valence-electron chi connectivity index (χ1n) is 23.7. The standard InChI is InChI=1S/C29H30Cl2F3NO2.C29H33Cl2NO3/c1-28(2,27(36)29(32,33)34)37-25-16-6-20(7-17-25)5-4-18-35(3)19-26(21-8-12-23(30)13-9-21)22-10-14-24(31)15-11-22;1-29(2,28(33)34-4)35-26-17-7-21(8-18-26)6-5-19-32(3)20-27(22-9-13-24(30)14-10-22)23-11-15-25(31)16-12-23/h6-17,26H,4-5,18-19H2,1-3H3;7-18,27H,5-6,19-20H2,1-4H3. The van der Waals surface area contributed by atoms with E-state index in [1.807, 2.05) is 109 Å². The van der Waals surface area contributed by atoms with Gasteiger partial charge in [-0.25, -0.2) is 4.79 Å². The number of nitrogens with zero attached hydrogens (tertiary/aromatic N) is 2. The maximum Gasteiger partial charge on any atom is 0.454 e. The molecule has 72 heavy (non-hydrogen) atoms. The number of aryl methyl sites for hydroxylation is 2. The van der Waals surface area contributed by atoms with Crippen LogP contribution in [0.1, 0.15) is 85.8 Å². The molecule has 0 bridgehead atoms. The molecule has 14 heteroatoms. The topological polar surface area (TPSA) is 68.3 Å². The smallest absolute Gasteiger partial charge is 0.454 e. The first kappa shape index (κ1) is 57.8. The quantitative estimate of drug-likeness (QED) is 0.0628. The van der Waals surface area contributed by atoms with Crippen LogP contribution in [0.5, 0.6) is 11.5 Å². The third-order valence-electron chi connectivity index (χ3n) is 12.2. The molecule has 0 atom stereocenters. The number of carbonyl (C=O) groups excluding carboxylic acids is 2. The minimum atomic E-state index is -4.95. The third-order valence-corrected chi connectivity index (χ3v) is 13.2. The van der Waals surface area contributed by atoms with Gasteiger partial charge in [-0.1, -0.05) is 119 Å². The molecule has 0 heterocycles. The maximum atomic E-state index is 12.8. The van der Waals surface area contributed by atoms with E-state index in [0.717, 1.165) is 81.3 Å². The molecule has 0 unspecified atom stereocenters. The zero-order valence-electron chi connectivity index (χ0n) is 41.7. The summed E-state index contributed by atoms with van der Waals surface area (Å²) in [5, 5.41) is 2.86. The number of methoxy groups -OCH3 is 1. The van der Waals surface area contributed by atoms with Gasteiger partial charge in [0.1, 0.15) is 11.5 Å². The van der Waals surface area contributed by atoms with E-state index in [2.05, 4.69) is 48.2 Å². The van der Waals surface area contributed by atoms with Gasteiger partial charge >= 0.3 is 12.1 Å². The Balaban J connectivity index is 0.000000268. The van der Waals surface area contributed by atoms with Crippen LogP contribution in [-0.2, 0) is 27.2 Å². The normalized spacial score (nSPS) is 12.0. The predicted molar refractivity (Wildman–Crippen MR) is 287 cm³/mol. The van der Waals surface area contributed by atoms with Crippen molar-refractivity contribution in [3.8, 4) is 11.5 Å². The molecule has 0 aromatic heterocycles. The second kappa shape index (κ2) is 26.8. The molecule has 0 aliphatic heterocycles. The average Bonchev–Trinajstić information content (AvgIpc) is 3.34. The maximum absolute atomic E-state index is 12.8. The van der Waals surface area contributed by atoms with E-state index in [9.17, 15) is 22.8 Å². The Kier molecular flexibility index (Phi) is 21.5. The molecule has 0 aliphatic rings. The number of Topliss-reactive ketones (excluding diaryl/α,β-unsaturated/α-hetero) is 1. The van der Waals surface area contributed by atoms with E-state index < -0.39 is 29.1 Å². The molecule has 0 fully saturated rings. The van der Waals surface area contributed by atoms with E-state index >= 15 is 0 Å². The van der Waals surface area contributed by atoms with Crippen LogP contribution >= 0.6 is 46.4 Å². The molecule has 384 valence electrons. The highest BCUT2D eigenvalue weighted by Crippen LogP contribution is 2.31. The Labute approximate surface area is 443 Å². The molecule has 6 aromatic rings. The van der Waals surface area contributed by atoms with Crippen molar-refractivity contribution in [2.45, 2.75) is 82.6 Å². The lowest BCUT2D eigenvalue weighted by Gasteiger charge is -2.26. The van der Waals surface area contributed by atoms with Gasteiger partial charge in [0.05, 0.1) is 7.11 Å². The van der Waals surface area contributed by atoms with Gasteiger partial charge in [-0.05, 0) is 187 Å². The van der Waals surface area contributed by atoms with Gasteiger partial charge in [-0.15, -0.1) is 0 Å². The van der Waals surface area contributed by atoms with E-state index in [4.69, 9.17) is 60.6 Å². The lowest BCUT2D eigenvalue weighted by molar-refractivity contribution is -0.184. The van der Waals surface area contributed by atoms with Gasteiger partial charge in [0, 0.05) is 45.0 Å². The summed E-state index contributed by atoms with van der Waals surface area (Å²) in [6.45, 7) is 9.14. The van der Waals surface area contributed by atoms with Crippen molar-refractivity contribution >= 4 is 58.2 Å². The third kappa shape index (κ3) is 18.1. The van der Waals surface area contributed by atoms with E-state index in [1.54, 1.807) is 26.0 Å². The van der Waals surface area contributed by atoms with Crippen molar-refractivity contribution in [2.24, 2.45) is 0 Å². The first-order valence-corrected chi connectivity index (χ1v) is 25.2. The largest absolute Gasteiger partial charge is 0.480 e. The summed E-state index contributed by atoms with van der Waals surface area (Å²) in [5.41, 5.74) is 4.04. The number of esters is 1. The number of rotatable bonds is 22. The number of hydrogen-bond donors (Lipinski definition) is 0. The van der Waals surface area contributed by atoms with Crippen LogP contribution in [0.2, 0.25) is 20.1 Å². The number of likely N-dealkylation sites (N-methyl/N-ethyl adjacent to an activating group) is 2. The highest BCUT2D eigenvalue weighted by Gasteiger charge is 2.49. The molecule has 7 nitrogen and oxygen atoms in total. The summed E-state index contributed by atoms with van der Waals surface area (Å²) in [7, 11) is 5.60. The molecule has 0 N–H and O–H groups in total. The summed E-state index contributed by atoms with van der Waals surface area (Å²) in [5.74, 6) is -1.07. The molecule has 6 aromatic carbocycles. The van der Waals surface area contributed by atoms with Gasteiger partial charge in [-0.3, -0.25) is 4.79 Å². The number of ether oxygens (including phenoxy) is 3. The zero-order chi connectivity index (χ0) is 52.6. The molecule has 0 saturated heterocycles. The van der Waals surface area contributed by atoms with Gasteiger partial charge in [0.15, 0.2) is 11.2 Å². The van der Waals surface area contributed by atoms with Crippen LogP contribution in [-0.4, -0.2) is 86.3 Å². The van der Waals surface area contributed by atoms with Crippen molar-refractivity contribution in [3.63, 3.8) is 0 Å². The van der Waals surface area contributed by atoms with Gasteiger partial charge in [0.2, 0.25) is 0 Å². The molecule has 0 amide bonds.